The van der Waals surface area contributed by atoms with Crippen LogP contribution in [-0.4, -0.2) is 5.91 Å². The molecule has 0 saturated carbocycles. The molecule has 1 N–H and O–H groups in total. The summed E-state index contributed by atoms with van der Waals surface area (Å²) >= 11 is 0. The van der Waals surface area contributed by atoms with E-state index in [4.69, 9.17) is 0 Å². The molecule has 0 aromatic heterocycles. The lowest BCUT2D eigenvalue weighted by Gasteiger charge is -2.07. The summed E-state index contributed by atoms with van der Waals surface area (Å²) in [6.45, 7) is 1.56. The Balaban J connectivity index is 2.25. The van der Waals surface area contributed by atoms with Crippen molar-refractivity contribution in [3.8, 4) is 0 Å². The monoisotopic (exact) mass is 265 g/mol. The number of halogens is 3. The maximum absolute atomic E-state index is 13.3. The predicted octanol–water partition coefficient (Wildman–Crippen LogP) is 3.66. The van der Waals surface area contributed by atoms with E-state index in [1.165, 1.54) is 12.1 Å². The maximum Gasteiger partial charge on any atom is 0.255 e. The average molecular weight is 265 g/mol. The number of hydrogen-bond acceptors (Lipinski definition) is 1. The summed E-state index contributed by atoms with van der Waals surface area (Å²) < 4.78 is 39.6. The van der Waals surface area contributed by atoms with Crippen LogP contribution in [0.25, 0.3) is 0 Å². The number of nitrogens with one attached hydrogen (secondary N) is 1. The zero-order valence-corrected chi connectivity index (χ0v) is 10.0. The predicted molar refractivity (Wildman–Crippen MR) is 65.4 cm³/mol. The van der Waals surface area contributed by atoms with Crippen LogP contribution < -0.4 is 5.32 Å². The lowest BCUT2D eigenvalue weighted by Crippen LogP contribution is -2.13. The minimum absolute atomic E-state index is 0.0340. The quantitative estimate of drug-likeness (QED) is 0.882. The first-order valence-corrected chi connectivity index (χ1v) is 5.50. The summed E-state index contributed by atoms with van der Waals surface area (Å²) in [6, 6.07) is 6.59. The van der Waals surface area contributed by atoms with Gasteiger partial charge in [-0.25, -0.2) is 13.2 Å². The molecule has 0 unspecified atom stereocenters. The molecule has 0 aliphatic carbocycles. The highest BCUT2D eigenvalue weighted by Crippen LogP contribution is 2.17. The fourth-order valence-electron chi connectivity index (χ4n) is 1.52. The van der Waals surface area contributed by atoms with Gasteiger partial charge in [-0.1, -0.05) is 6.07 Å². The first-order valence-electron chi connectivity index (χ1n) is 5.50. The van der Waals surface area contributed by atoms with Crippen LogP contribution in [0.3, 0.4) is 0 Å². The van der Waals surface area contributed by atoms with Crippen molar-refractivity contribution in [2.24, 2.45) is 0 Å². The van der Waals surface area contributed by atoms with E-state index in [1.54, 1.807) is 6.92 Å². The molecule has 0 bridgehead atoms. The van der Waals surface area contributed by atoms with Gasteiger partial charge in [-0.05, 0) is 36.8 Å². The second-order valence-corrected chi connectivity index (χ2v) is 4.04. The van der Waals surface area contributed by atoms with Crippen LogP contribution in [0.4, 0.5) is 18.9 Å². The minimum Gasteiger partial charge on any atom is -0.319 e. The second-order valence-electron chi connectivity index (χ2n) is 4.04. The van der Waals surface area contributed by atoms with Crippen molar-refractivity contribution in [1.82, 2.24) is 0 Å². The number of carbonyl (C=O) groups excluding carboxylic acids is 1. The molecule has 0 aliphatic rings. The Hall–Kier alpha value is -2.30. The van der Waals surface area contributed by atoms with Crippen molar-refractivity contribution < 1.29 is 18.0 Å². The number of carbonyl (C=O) groups is 1. The zero-order valence-electron chi connectivity index (χ0n) is 10.0. The van der Waals surface area contributed by atoms with E-state index >= 15 is 0 Å². The van der Waals surface area contributed by atoms with Gasteiger partial charge in [-0.3, -0.25) is 4.79 Å². The van der Waals surface area contributed by atoms with Crippen molar-refractivity contribution in [3.05, 3.63) is 65.0 Å². The van der Waals surface area contributed by atoms with Crippen LogP contribution in [-0.2, 0) is 0 Å². The van der Waals surface area contributed by atoms with Gasteiger partial charge in [0.1, 0.15) is 17.5 Å². The SMILES string of the molecule is Cc1ccc(C(=O)Nc2cc(F)ccc2F)cc1F. The third kappa shape index (κ3) is 2.93. The van der Waals surface area contributed by atoms with Crippen LogP contribution in [0, 0.1) is 24.4 Å². The van der Waals surface area contributed by atoms with Crippen molar-refractivity contribution in [2.75, 3.05) is 5.32 Å². The smallest absolute Gasteiger partial charge is 0.255 e. The summed E-state index contributed by atoms with van der Waals surface area (Å²) in [6.07, 6.45) is 0. The Bertz CT molecular complexity index is 641. The van der Waals surface area contributed by atoms with Gasteiger partial charge in [-0.2, -0.15) is 0 Å². The van der Waals surface area contributed by atoms with Gasteiger partial charge in [-0.15, -0.1) is 0 Å². The number of benzene rings is 2. The minimum atomic E-state index is -0.762. The van der Waals surface area contributed by atoms with E-state index < -0.39 is 23.4 Å². The lowest BCUT2D eigenvalue weighted by atomic mass is 10.1. The van der Waals surface area contributed by atoms with Crippen molar-refractivity contribution in [2.45, 2.75) is 6.92 Å². The molecule has 2 rings (SSSR count). The number of aryl methyl sites for hydroxylation is 1. The molecular weight excluding hydrogens is 255 g/mol. The lowest BCUT2D eigenvalue weighted by molar-refractivity contribution is 0.102. The van der Waals surface area contributed by atoms with Gasteiger partial charge >= 0.3 is 0 Å². The van der Waals surface area contributed by atoms with E-state index in [0.717, 1.165) is 24.3 Å². The Labute approximate surface area is 107 Å². The van der Waals surface area contributed by atoms with E-state index in [-0.39, 0.29) is 11.3 Å². The fraction of sp³-hybridized carbons (Fsp3) is 0.0714. The number of rotatable bonds is 2. The van der Waals surface area contributed by atoms with Crippen molar-refractivity contribution in [3.63, 3.8) is 0 Å². The normalized spacial score (nSPS) is 10.3. The molecule has 5 heteroatoms. The van der Waals surface area contributed by atoms with Gasteiger partial charge in [0.15, 0.2) is 0 Å². The molecule has 1 amide bonds. The zero-order chi connectivity index (χ0) is 14.0. The summed E-state index contributed by atoms with van der Waals surface area (Å²) in [5, 5.41) is 2.19. The third-order valence-electron chi connectivity index (χ3n) is 2.61. The Kier molecular flexibility index (Phi) is 3.55. The van der Waals surface area contributed by atoms with Gasteiger partial charge in [0, 0.05) is 11.6 Å². The van der Waals surface area contributed by atoms with Crippen molar-refractivity contribution in [1.29, 1.82) is 0 Å². The topological polar surface area (TPSA) is 29.1 Å². The molecule has 2 nitrogen and oxygen atoms in total. The van der Waals surface area contributed by atoms with Crippen LogP contribution >= 0.6 is 0 Å². The largest absolute Gasteiger partial charge is 0.319 e. The highest BCUT2D eigenvalue weighted by molar-refractivity contribution is 6.04. The molecule has 0 fully saturated rings. The Morgan fingerprint density at radius 1 is 1.00 bits per heavy atom. The molecule has 2 aromatic carbocycles. The molecule has 2 aromatic rings. The highest BCUT2D eigenvalue weighted by atomic mass is 19.1. The number of anilines is 1. The van der Waals surface area contributed by atoms with E-state index in [0.29, 0.717) is 5.56 Å². The van der Waals surface area contributed by atoms with Gasteiger partial charge in [0.25, 0.3) is 5.91 Å². The van der Waals surface area contributed by atoms with Crippen LogP contribution in [0.1, 0.15) is 15.9 Å². The third-order valence-corrected chi connectivity index (χ3v) is 2.61. The fourth-order valence-corrected chi connectivity index (χ4v) is 1.52. The molecule has 98 valence electrons. The highest BCUT2D eigenvalue weighted by Gasteiger charge is 2.11. The maximum atomic E-state index is 13.3. The molecule has 0 saturated heterocycles. The first-order chi connectivity index (χ1) is 8.97. The Morgan fingerprint density at radius 2 is 1.74 bits per heavy atom. The average Bonchev–Trinajstić information content (AvgIpc) is 2.37. The van der Waals surface area contributed by atoms with Crippen LogP contribution in [0.15, 0.2) is 36.4 Å². The van der Waals surface area contributed by atoms with Gasteiger partial charge in [0.05, 0.1) is 5.69 Å². The second kappa shape index (κ2) is 5.14. The molecule has 0 atom stereocenters. The standard InChI is InChI=1S/C14H10F3NO/c1-8-2-3-9(6-12(8)17)14(19)18-13-7-10(15)4-5-11(13)16/h2-7H,1H3,(H,18,19). The molecule has 0 heterocycles. The molecular formula is C14H10F3NO. The van der Waals surface area contributed by atoms with Crippen molar-refractivity contribution >= 4 is 11.6 Å². The summed E-state index contributed by atoms with van der Waals surface area (Å²) in [5.41, 5.74) is 0.145. The molecule has 0 aliphatic heterocycles. The van der Waals surface area contributed by atoms with Crippen LogP contribution in [0.2, 0.25) is 0 Å². The molecule has 0 radical (unpaired) electrons. The number of hydrogen-bond donors (Lipinski definition) is 1. The van der Waals surface area contributed by atoms with Crippen LogP contribution in [0.5, 0.6) is 0 Å². The number of amides is 1. The summed E-state index contributed by atoms with van der Waals surface area (Å²) in [5.74, 6) is -2.68. The first kappa shape index (κ1) is 13.1. The van der Waals surface area contributed by atoms with E-state index in [1.807, 2.05) is 0 Å². The van der Waals surface area contributed by atoms with E-state index in [9.17, 15) is 18.0 Å². The van der Waals surface area contributed by atoms with Gasteiger partial charge in [0.2, 0.25) is 0 Å². The molecule has 19 heavy (non-hydrogen) atoms. The Morgan fingerprint density at radius 3 is 2.42 bits per heavy atom. The summed E-state index contributed by atoms with van der Waals surface area (Å²) in [4.78, 5) is 11.8. The molecule has 0 spiro atoms. The summed E-state index contributed by atoms with van der Waals surface area (Å²) in [7, 11) is 0. The van der Waals surface area contributed by atoms with E-state index in [2.05, 4.69) is 5.32 Å². The van der Waals surface area contributed by atoms with Gasteiger partial charge < -0.3 is 5.32 Å².